The van der Waals surface area contributed by atoms with Gasteiger partial charge in [0.2, 0.25) is 0 Å². The molecule has 0 radical (unpaired) electrons. The molecule has 5 heteroatoms. The number of benzene rings is 1. The number of hydrogen-bond donors (Lipinski definition) is 2. The van der Waals surface area contributed by atoms with E-state index < -0.39 is 12.1 Å². The van der Waals surface area contributed by atoms with E-state index in [9.17, 15) is 9.59 Å². The Kier molecular flexibility index (Phi) is 4.74. The number of hydrogen-bond acceptors (Lipinski definition) is 3. The Labute approximate surface area is 117 Å². The lowest BCUT2D eigenvalue weighted by Gasteiger charge is -2.19. The predicted octanol–water partition coefficient (Wildman–Crippen LogP) is 1.74. The maximum atomic E-state index is 12.2. The first-order chi connectivity index (χ1) is 9.61. The summed E-state index contributed by atoms with van der Waals surface area (Å²) in [5, 5.41) is 11.8. The van der Waals surface area contributed by atoms with Crippen LogP contribution >= 0.6 is 0 Å². The van der Waals surface area contributed by atoms with E-state index in [-0.39, 0.29) is 17.9 Å². The summed E-state index contributed by atoms with van der Waals surface area (Å²) < 4.78 is 5.25. The fraction of sp³-hybridized carbons (Fsp3) is 0.467. The minimum atomic E-state index is -0.784. The van der Waals surface area contributed by atoms with Crippen molar-refractivity contribution < 1.29 is 19.4 Å². The van der Waals surface area contributed by atoms with Gasteiger partial charge in [-0.2, -0.15) is 0 Å². The number of carbonyl (C=O) groups excluding carboxylic acids is 1. The highest BCUT2D eigenvalue weighted by Gasteiger charge is 2.32. The number of rotatable bonds is 5. The third kappa shape index (κ3) is 3.36. The number of carbonyl (C=O) groups is 2. The Morgan fingerprint density at radius 2 is 2.00 bits per heavy atom. The standard InChI is InChI=1S/C15H19NO4/c1-20-13(10-5-3-2-4-6-10)14(17)16-12-8-7-11(9-12)15(18)19/h2-6,11-13H,7-9H2,1H3,(H,16,17)(H,18,19)/t11-,12+,13?/m0/s1. The zero-order chi connectivity index (χ0) is 14.5. The molecule has 108 valence electrons. The van der Waals surface area contributed by atoms with Crippen molar-refractivity contribution in [1.29, 1.82) is 0 Å². The van der Waals surface area contributed by atoms with Gasteiger partial charge < -0.3 is 15.2 Å². The van der Waals surface area contributed by atoms with Gasteiger partial charge in [-0.25, -0.2) is 0 Å². The second-order valence-corrected chi connectivity index (χ2v) is 5.08. The van der Waals surface area contributed by atoms with Gasteiger partial charge >= 0.3 is 5.97 Å². The zero-order valence-corrected chi connectivity index (χ0v) is 11.4. The number of carboxylic acid groups (broad SMARTS) is 1. The molecule has 1 aliphatic carbocycles. The van der Waals surface area contributed by atoms with Crippen LogP contribution in [0.2, 0.25) is 0 Å². The third-order valence-electron chi connectivity index (χ3n) is 3.70. The average molecular weight is 277 g/mol. The number of carboxylic acids is 1. The summed E-state index contributed by atoms with van der Waals surface area (Å²) in [5.74, 6) is -1.35. The van der Waals surface area contributed by atoms with E-state index >= 15 is 0 Å². The molecular weight excluding hydrogens is 258 g/mol. The van der Waals surface area contributed by atoms with Crippen molar-refractivity contribution in [2.24, 2.45) is 5.92 Å². The van der Waals surface area contributed by atoms with Crippen molar-refractivity contribution in [2.45, 2.75) is 31.4 Å². The van der Waals surface area contributed by atoms with Gasteiger partial charge in [0.05, 0.1) is 5.92 Å². The number of ether oxygens (including phenoxy) is 1. The summed E-state index contributed by atoms with van der Waals surface area (Å²) in [6, 6.07) is 9.17. The van der Waals surface area contributed by atoms with Crippen LogP contribution in [0.1, 0.15) is 30.9 Å². The molecule has 1 saturated carbocycles. The van der Waals surface area contributed by atoms with Crippen molar-refractivity contribution in [3.63, 3.8) is 0 Å². The van der Waals surface area contributed by atoms with Crippen LogP contribution in [-0.4, -0.2) is 30.1 Å². The van der Waals surface area contributed by atoms with Gasteiger partial charge in [0.1, 0.15) is 0 Å². The van der Waals surface area contributed by atoms with Crippen molar-refractivity contribution in [2.75, 3.05) is 7.11 Å². The number of nitrogens with one attached hydrogen (secondary N) is 1. The van der Waals surface area contributed by atoms with Gasteiger partial charge in [-0.1, -0.05) is 30.3 Å². The van der Waals surface area contributed by atoms with Crippen LogP contribution in [-0.2, 0) is 14.3 Å². The zero-order valence-electron chi connectivity index (χ0n) is 11.4. The van der Waals surface area contributed by atoms with Gasteiger partial charge in [-0.15, -0.1) is 0 Å². The molecule has 1 amide bonds. The molecule has 5 nitrogen and oxygen atoms in total. The van der Waals surface area contributed by atoms with Crippen molar-refractivity contribution in [3.05, 3.63) is 35.9 Å². The quantitative estimate of drug-likeness (QED) is 0.859. The molecule has 1 unspecified atom stereocenters. The first kappa shape index (κ1) is 14.5. The molecule has 2 N–H and O–H groups in total. The minimum absolute atomic E-state index is 0.0787. The molecular formula is C15H19NO4. The molecule has 3 atom stereocenters. The fourth-order valence-corrected chi connectivity index (χ4v) is 2.64. The first-order valence-corrected chi connectivity index (χ1v) is 6.72. The Bertz CT molecular complexity index is 474. The predicted molar refractivity (Wildman–Crippen MR) is 73.1 cm³/mol. The fourth-order valence-electron chi connectivity index (χ4n) is 2.64. The smallest absolute Gasteiger partial charge is 0.306 e. The summed E-state index contributed by atoms with van der Waals surface area (Å²) in [6.07, 6.45) is 1.16. The van der Waals surface area contributed by atoms with Crippen molar-refractivity contribution >= 4 is 11.9 Å². The van der Waals surface area contributed by atoms with Crippen LogP contribution in [0.3, 0.4) is 0 Å². The highest BCUT2D eigenvalue weighted by molar-refractivity contribution is 5.82. The highest BCUT2D eigenvalue weighted by atomic mass is 16.5. The van der Waals surface area contributed by atoms with E-state index in [0.29, 0.717) is 19.3 Å². The van der Waals surface area contributed by atoms with Crippen LogP contribution in [0.15, 0.2) is 30.3 Å². The average Bonchev–Trinajstić information content (AvgIpc) is 2.89. The van der Waals surface area contributed by atoms with Crippen LogP contribution < -0.4 is 5.32 Å². The van der Waals surface area contributed by atoms with Crippen LogP contribution in [0.5, 0.6) is 0 Å². The van der Waals surface area contributed by atoms with Crippen molar-refractivity contribution in [3.8, 4) is 0 Å². The minimum Gasteiger partial charge on any atom is -0.481 e. The number of aliphatic carboxylic acids is 1. The molecule has 1 aromatic rings. The van der Waals surface area contributed by atoms with Crippen molar-refractivity contribution in [1.82, 2.24) is 5.32 Å². The maximum Gasteiger partial charge on any atom is 0.306 e. The Morgan fingerprint density at radius 1 is 1.30 bits per heavy atom. The van der Waals surface area contributed by atoms with Gasteiger partial charge in [-0.05, 0) is 24.8 Å². The number of amides is 1. The molecule has 2 rings (SSSR count). The van der Waals surface area contributed by atoms with E-state index in [0.717, 1.165) is 5.56 Å². The summed E-state index contributed by atoms with van der Waals surface area (Å²) in [5.41, 5.74) is 0.792. The molecule has 0 bridgehead atoms. The summed E-state index contributed by atoms with van der Waals surface area (Å²) in [4.78, 5) is 23.1. The van der Waals surface area contributed by atoms with E-state index in [1.165, 1.54) is 7.11 Å². The second kappa shape index (κ2) is 6.52. The van der Waals surface area contributed by atoms with E-state index in [4.69, 9.17) is 9.84 Å². The molecule has 1 aliphatic rings. The van der Waals surface area contributed by atoms with Gasteiger partial charge in [0, 0.05) is 13.2 Å². The SMILES string of the molecule is COC(C(=O)N[C@@H]1CC[C@H](C(=O)O)C1)c1ccccc1. The first-order valence-electron chi connectivity index (χ1n) is 6.72. The normalized spacial score (nSPS) is 23.2. The Morgan fingerprint density at radius 3 is 2.55 bits per heavy atom. The van der Waals surface area contributed by atoms with Crippen LogP contribution in [0.4, 0.5) is 0 Å². The molecule has 0 saturated heterocycles. The van der Waals surface area contributed by atoms with E-state index in [2.05, 4.69) is 5.32 Å². The lowest BCUT2D eigenvalue weighted by atomic mass is 10.1. The Balaban J connectivity index is 1.96. The van der Waals surface area contributed by atoms with Gasteiger partial charge in [0.15, 0.2) is 6.10 Å². The molecule has 0 spiro atoms. The molecule has 20 heavy (non-hydrogen) atoms. The van der Waals surface area contributed by atoms with Gasteiger partial charge in [-0.3, -0.25) is 9.59 Å². The van der Waals surface area contributed by atoms with Crippen LogP contribution in [0.25, 0.3) is 0 Å². The maximum absolute atomic E-state index is 12.2. The van der Waals surface area contributed by atoms with E-state index in [1.54, 1.807) is 0 Å². The molecule has 0 aromatic heterocycles. The van der Waals surface area contributed by atoms with Gasteiger partial charge in [0.25, 0.3) is 5.91 Å². The lowest BCUT2D eigenvalue weighted by molar-refractivity contribution is -0.141. The molecule has 1 fully saturated rings. The highest BCUT2D eigenvalue weighted by Crippen LogP contribution is 2.26. The largest absolute Gasteiger partial charge is 0.481 e. The summed E-state index contributed by atoms with van der Waals surface area (Å²) in [6.45, 7) is 0. The summed E-state index contributed by atoms with van der Waals surface area (Å²) >= 11 is 0. The Hall–Kier alpha value is -1.88. The van der Waals surface area contributed by atoms with Crippen LogP contribution in [0, 0.1) is 5.92 Å². The topological polar surface area (TPSA) is 75.6 Å². The third-order valence-corrected chi connectivity index (χ3v) is 3.70. The monoisotopic (exact) mass is 277 g/mol. The lowest BCUT2D eigenvalue weighted by Crippen LogP contribution is -2.37. The second-order valence-electron chi connectivity index (χ2n) is 5.08. The number of methoxy groups -OCH3 is 1. The van der Waals surface area contributed by atoms with E-state index in [1.807, 2.05) is 30.3 Å². The summed E-state index contributed by atoms with van der Waals surface area (Å²) in [7, 11) is 1.49. The molecule has 0 heterocycles. The molecule has 0 aliphatic heterocycles. The molecule has 1 aromatic carbocycles.